The van der Waals surface area contributed by atoms with Crippen LogP contribution in [0.25, 0.3) is 33.8 Å². The Morgan fingerprint density at radius 1 is 0.973 bits per heavy atom. The van der Waals surface area contributed by atoms with Crippen molar-refractivity contribution in [2.75, 3.05) is 6.61 Å². The number of fused-ring (bicyclic) bond motifs is 3. The topological polar surface area (TPSA) is 94.7 Å². The molecule has 0 radical (unpaired) electrons. The maximum atomic E-state index is 12.8. The molecule has 6 nitrogen and oxygen atoms in total. The van der Waals surface area contributed by atoms with Gasteiger partial charge in [0.1, 0.15) is 22.9 Å². The first-order valence-corrected chi connectivity index (χ1v) is 11.3. The van der Waals surface area contributed by atoms with Crippen LogP contribution in [0.2, 0.25) is 0 Å². The van der Waals surface area contributed by atoms with E-state index in [1.165, 1.54) is 6.07 Å². The Bertz CT molecular complexity index is 1570. The number of aromatic nitrogens is 2. The number of hydrogen-bond acceptors (Lipinski definition) is 5. The second kappa shape index (κ2) is 8.72. The quantitative estimate of drug-likeness (QED) is 0.336. The number of ether oxygens (including phenoxy) is 2. The molecule has 1 aliphatic rings. The minimum atomic E-state index is -4.46. The second-order valence-electron chi connectivity index (χ2n) is 8.98. The molecule has 1 aliphatic heterocycles. The standard InChI is InChI=1S/C28H19F3N4O2/c1-27(2)25-24(34-26(35-25)23-17(13-32)6-5-7-18(23)14-33)20-11-10-16(12-22(20)37-27)19-8-3-4-9-21(19)36-15-28(29,30)31/h3-12H,15H2,1-2H3,(H,34,35). The van der Waals surface area contributed by atoms with Crippen molar-refractivity contribution in [2.45, 2.75) is 25.6 Å². The SMILES string of the molecule is CC1(C)Oc2cc(-c3ccccc3OCC(F)(F)F)ccc2-c2nc(-c3c(C#N)cccc3C#N)[nH]c21. The monoisotopic (exact) mass is 500 g/mol. The fraction of sp³-hybridized carbons (Fsp3) is 0.179. The fourth-order valence-corrected chi connectivity index (χ4v) is 4.40. The Morgan fingerprint density at radius 3 is 2.35 bits per heavy atom. The number of nitrogens with zero attached hydrogens (tertiary/aromatic N) is 3. The lowest BCUT2D eigenvalue weighted by Gasteiger charge is -2.32. The van der Waals surface area contributed by atoms with Crippen molar-refractivity contribution in [2.24, 2.45) is 0 Å². The van der Waals surface area contributed by atoms with E-state index in [0.29, 0.717) is 56.3 Å². The van der Waals surface area contributed by atoms with E-state index in [4.69, 9.17) is 14.5 Å². The van der Waals surface area contributed by atoms with Crippen LogP contribution >= 0.6 is 0 Å². The molecule has 0 aliphatic carbocycles. The number of rotatable bonds is 4. The summed E-state index contributed by atoms with van der Waals surface area (Å²) in [5, 5.41) is 19.2. The van der Waals surface area contributed by atoms with Crippen molar-refractivity contribution in [3.05, 3.63) is 77.5 Å². The average molecular weight is 500 g/mol. The molecule has 0 bridgehead atoms. The number of hydrogen-bond donors (Lipinski definition) is 1. The lowest BCUT2D eigenvalue weighted by molar-refractivity contribution is -0.153. The predicted octanol–water partition coefficient (Wildman–Crippen LogP) is 6.72. The Labute approximate surface area is 210 Å². The molecule has 0 saturated carbocycles. The molecule has 5 rings (SSSR count). The van der Waals surface area contributed by atoms with Crippen molar-refractivity contribution in [3.8, 4) is 57.4 Å². The highest BCUT2D eigenvalue weighted by Crippen LogP contribution is 2.47. The number of H-pyrrole nitrogens is 1. The zero-order valence-corrected chi connectivity index (χ0v) is 19.8. The molecule has 1 aromatic heterocycles. The molecule has 0 saturated heterocycles. The summed E-state index contributed by atoms with van der Waals surface area (Å²) in [6, 6.07) is 20.9. The third-order valence-electron chi connectivity index (χ3n) is 6.04. The molecule has 37 heavy (non-hydrogen) atoms. The van der Waals surface area contributed by atoms with E-state index in [2.05, 4.69) is 17.1 Å². The molecule has 0 atom stereocenters. The van der Waals surface area contributed by atoms with Crippen LogP contribution in [0.3, 0.4) is 0 Å². The average Bonchev–Trinajstić information content (AvgIpc) is 3.32. The maximum Gasteiger partial charge on any atom is 0.422 e. The Hall–Kier alpha value is -4.76. The van der Waals surface area contributed by atoms with Gasteiger partial charge in [-0.1, -0.05) is 30.3 Å². The van der Waals surface area contributed by atoms with Gasteiger partial charge in [0.05, 0.1) is 40.2 Å². The number of nitriles is 2. The summed E-state index contributed by atoms with van der Waals surface area (Å²) in [5.74, 6) is 0.973. The van der Waals surface area contributed by atoms with Gasteiger partial charge in [0, 0.05) is 11.1 Å². The predicted molar refractivity (Wildman–Crippen MR) is 130 cm³/mol. The third-order valence-corrected chi connectivity index (χ3v) is 6.04. The van der Waals surface area contributed by atoms with Crippen molar-refractivity contribution < 1.29 is 22.6 Å². The summed E-state index contributed by atoms with van der Waals surface area (Å²) in [4.78, 5) is 8.02. The first kappa shape index (κ1) is 24.0. The third kappa shape index (κ3) is 4.36. The van der Waals surface area contributed by atoms with E-state index >= 15 is 0 Å². The van der Waals surface area contributed by atoms with E-state index in [0.717, 1.165) is 0 Å². The maximum absolute atomic E-state index is 12.8. The largest absolute Gasteiger partial charge is 0.483 e. The van der Waals surface area contributed by atoms with Gasteiger partial charge >= 0.3 is 6.18 Å². The smallest absolute Gasteiger partial charge is 0.422 e. The second-order valence-corrected chi connectivity index (χ2v) is 8.98. The number of para-hydroxylation sites is 1. The van der Waals surface area contributed by atoms with E-state index in [1.807, 2.05) is 13.8 Å². The lowest BCUT2D eigenvalue weighted by Crippen LogP contribution is -2.29. The number of halogens is 3. The first-order chi connectivity index (χ1) is 17.6. The Morgan fingerprint density at radius 2 is 1.68 bits per heavy atom. The lowest BCUT2D eigenvalue weighted by atomic mass is 9.93. The number of aromatic amines is 1. The molecule has 0 unspecified atom stereocenters. The molecule has 184 valence electrons. The zero-order valence-electron chi connectivity index (χ0n) is 19.8. The van der Waals surface area contributed by atoms with Crippen molar-refractivity contribution in [1.29, 1.82) is 10.5 Å². The number of imidazole rings is 1. The summed E-state index contributed by atoms with van der Waals surface area (Å²) in [6.07, 6.45) is -4.46. The summed E-state index contributed by atoms with van der Waals surface area (Å²) in [7, 11) is 0. The van der Waals surface area contributed by atoms with E-state index in [1.54, 1.807) is 54.6 Å². The molecule has 0 spiro atoms. The Kier molecular flexibility index (Phi) is 5.65. The van der Waals surface area contributed by atoms with Gasteiger partial charge in [-0.05, 0) is 49.7 Å². The van der Waals surface area contributed by atoms with Gasteiger partial charge in [-0.3, -0.25) is 0 Å². The normalized spacial score (nSPS) is 13.5. The molecule has 1 N–H and O–H groups in total. The molecule has 0 fully saturated rings. The minimum absolute atomic E-state index is 0.106. The molecular weight excluding hydrogens is 481 g/mol. The van der Waals surface area contributed by atoms with Crippen LogP contribution in [0, 0.1) is 22.7 Å². The van der Waals surface area contributed by atoms with Crippen LogP contribution in [-0.4, -0.2) is 22.8 Å². The van der Waals surface area contributed by atoms with Gasteiger partial charge in [0.2, 0.25) is 0 Å². The first-order valence-electron chi connectivity index (χ1n) is 11.3. The zero-order chi connectivity index (χ0) is 26.4. The highest BCUT2D eigenvalue weighted by Gasteiger charge is 2.37. The van der Waals surface area contributed by atoms with Crippen LogP contribution in [0.15, 0.2) is 60.7 Å². The molecule has 4 aromatic rings. The molecule has 3 aromatic carbocycles. The van der Waals surface area contributed by atoms with Crippen LogP contribution in [0.1, 0.15) is 30.7 Å². The highest BCUT2D eigenvalue weighted by molar-refractivity contribution is 5.82. The summed E-state index contributed by atoms with van der Waals surface area (Å²) < 4.78 is 49.6. The van der Waals surface area contributed by atoms with Crippen LogP contribution < -0.4 is 9.47 Å². The van der Waals surface area contributed by atoms with Gasteiger partial charge in [0.15, 0.2) is 6.61 Å². The highest BCUT2D eigenvalue weighted by atomic mass is 19.4. The number of alkyl halides is 3. The van der Waals surface area contributed by atoms with Crippen LogP contribution in [0.5, 0.6) is 11.5 Å². The van der Waals surface area contributed by atoms with Gasteiger partial charge < -0.3 is 14.5 Å². The van der Waals surface area contributed by atoms with Gasteiger partial charge in [-0.15, -0.1) is 0 Å². The van der Waals surface area contributed by atoms with Crippen molar-refractivity contribution in [1.82, 2.24) is 9.97 Å². The summed E-state index contributed by atoms with van der Waals surface area (Å²) in [6.45, 7) is 2.31. The van der Waals surface area contributed by atoms with Crippen LogP contribution in [-0.2, 0) is 5.60 Å². The van der Waals surface area contributed by atoms with Gasteiger partial charge in [-0.2, -0.15) is 23.7 Å². The minimum Gasteiger partial charge on any atom is -0.483 e. The van der Waals surface area contributed by atoms with Crippen LogP contribution in [0.4, 0.5) is 13.2 Å². The van der Waals surface area contributed by atoms with Crippen molar-refractivity contribution in [3.63, 3.8) is 0 Å². The van der Waals surface area contributed by atoms with Gasteiger partial charge in [-0.25, -0.2) is 4.98 Å². The van der Waals surface area contributed by atoms with E-state index in [-0.39, 0.29) is 5.75 Å². The molecular formula is C28H19F3N4O2. The van der Waals surface area contributed by atoms with E-state index in [9.17, 15) is 23.7 Å². The Balaban J connectivity index is 1.61. The molecule has 2 heterocycles. The van der Waals surface area contributed by atoms with Gasteiger partial charge in [0.25, 0.3) is 0 Å². The summed E-state index contributed by atoms with van der Waals surface area (Å²) >= 11 is 0. The number of nitrogens with one attached hydrogen (secondary N) is 1. The van der Waals surface area contributed by atoms with Crippen molar-refractivity contribution >= 4 is 0 Å². The van der Waals surface area contributed by atoms with E-state index < -0.39 is 18.4 Å². The summed E-state index contributed by atoms with van der Waals surface area (Å²) in [5.41, 5.74) is 3.24. The molecule has 0 amide bonds. The molecule has 9 heteroatoms. The fourth-order valence-electron chi connectivity index (χ4n) is 4.40. The number of benzene rings is 3.